The van der Waals surface area contributed by atoms with Crippen molar-refractivity contribution in [3.63, 3.8) is 0 Å². The third-order valence-electron chi connectivity index (χ3n) is 5.71. The van der Waals surface area contributed by atoms with Gasteiger partial charge in [0.1, 0.15) is 6.04 Å². The van der Waals surface area contributed by atoms with Crippen LogP contribution in [0.3, 0.4) is 0 Å². The van der Waals surface area contributed by atoms with E-state index in [4.69, 9.17) is 4.74 Å². The van der Waals surface area contributed by atoms with Gasteiger partial charge < -0.3 is 14.6 Å². The van der Waals surface area contributed by atoms with Crippen LogP contribution in [0.5, 0.6) is 0 Å². The highest BCUT2D eigenvalue weighted by Gasteiger charge is 2.31. The van der Waals surface area contributed by atoms with Crippen LogP contribution in [0, 0.1) is 6.92 Å². The van der Waals surface area contributed by atoms with Crippen LogP contribution in [-0.2, 0) is 15.7 Å². The highest BCUT2D eigenvalue weighted by molar-refractivity contribution is 7.16. The number of aryl methyl sites for hydroxylation is 1. The first-order valence-electron chi connectivity index (χ1n) is 10.9. The average molecular weight is 492 g/mol. The van der Waals surface area contributed by atoms with Crippen molar-refractivity contribution in [2.24, 2.45) is 4.99 Å². The maximum Gasteiger partial charge on any atom is 0.416 e. The number of hydrogen-bond donors (Lipinski definition) is 1. The standard InChI is InChI=1S/C24H24F3N3O3S/c1-14-8-9-19-20(11-14)34-23(29-22(32)16-5-3-6-17(12-16)24(25,26)27)30(19)15(2)21(31)28-13-18-7-4-10-33-18/h3,5-6,8-9,11-12,15,18H,4,7,10,13H2,1-2H3,(H,28,31). The van der Waals surface area contributed by atoms with Crippen LogP contribution < -0.4 is 10.1 Å². The SMILES string of the molecule is Cc1ccc2c(c1)sc(=NC(=O)c1cccc(C(F)(F)F)c1)n2C(C)C(=O)NCC1CCCO1. The smallest absolute Gasteiger partial charge is 0.376 e. The van der Waals surface area contributed by atoms with Crippen LogP contribution in [-0.4, -0.2) is 35.6 Å². The van der Waals surface area contributed by atoms with Gasteiger partial charge in [0.25, 0.3) is 5.91 Å². The summed E-state index contributed by atoms with van der Waals surface area (Å²) in [7, 11) is 0. The molecule has 0 radical (unpaired) electrons. The van der Waals surface area contributed by atoms with Crippen molar-refractivity contribution in [1.29, 1.82) is 0 Å². The molecule has 1 aliphatic rings. The zero-order valence-corrected chi connectivity index (χ0v) is 19.5. The summed E-state index contributed by atoms with van der Waals surface area (Å²) in [4.78, 5) is 30.1. The molecule has 2 atom stereocenters. The molecule has 0 bridgehead atoms. The van der Waals surface area contributed by atoms with E-state index < -0.39 is 23.7 Å². The van der Waals surface area contributed by atoms with Gasteiger partial charge in [0.15, 0.2) is 4.80 Å². The normalized spacial score (nSPS) is 17.8. The van der Waals surface area contributed by atoms with Gasteiger partial charge >= 0.3 is 6.18 Å². The lowest BCUT2D eigenvalue weighted by molar-refractivity contribution is -0.137. The summed E-state index contributed by atoms with van der Waals surface area (Å²) in [6, 6.07) is 9.10. The molecular formula is C24H24F3N3O3S. The molecule has 2 heterocycles. The van der Waals surface area contributed by atoms with E-state index in [9.17, 15) is 22.8 Å². The van der Waals surface area contributed by atoms with E-state index in [2.05, 4.69) is 10.3 Å². The van der Waals surface area contributed by atoms with Gasteiger partial charge in [-0.3, -0.25) is 9.59 Å². The van der Waals surface area contributed by atoms with Gasteiger partial charge in [-0.15, -0.1) is 0 Å². The molecule has 1 aliphatic heterocycles. The molecule has 1 N–H and O–H groups in total. The third kappa shape index (κ3) is 5.23. The molecule has 2 unspecified atom stereocenters. The van der Waals surface area contributed by atoms with Crippen LogP contribution in [0.4, 0.5) is 13.2 Å². The number of carbonyl (C=O) groups excluding carboxylic acids is 2. The molecule has 1 fully saturated rings. The lowest BCUT2D eigenvalue weighted by Gasteiger charge is -2.17. The first-order valence-corrected chi connectivity index (χ1v) is 11.7. The Kier molecular flexibility index (Phi) is 6.90. The number of thiazole rings is 1. The summed E-state index contributed by atoms with van der Waals surface area (Å²) in [6.45, 7) is 4.69. The van der Waals surface area contributed by atoms with Crippen molar-refractivity contribution >= 4 is 33.4 Å². The summed E-state index contributed by atoms with van der Waals surface area (Å²) in [5.41, 5.74) is 0.610. The number of hydrogen-bond acceptors (Lipinski definition) is 4. The van der Waals surface area contributed by atoms with E-state index in [-0.39, 0.29) is 22.4 Å². The molecule has 2 aromatic carbocycles. The number of carbonyl (C=O) groups is 2. The van der Waals surface area contributed by atoms with Crippen LogP contribution in [0.1, 0.15) is 47.3 Å². The molecule has 10 heteroatoms. The van der Waals surface area contributed by atoms with E-state index in [1.54, 1.807) is 11.5 Å². The van der Waals surface area contributed by atoms with Crippen molar-refractivity contribution in [1.82, 2.24) is 9.88 Å². The van der Waals surface area contributed by atoms with Crippen molar-refractivity contribution < 1.29 is 27.5 Å². The Morgan fingerprint density at radius 2 is 2.06 bits per heavy atom. The second kappa shape index (κ2) is 9.71. The zero-order valence-electron chi connectivity index (χ0n) is 18.7. The van der Waals surface area contributed by atoms with Crippen LogP contribution in [0.2, 0.25) is 0 Å². The fourth-order valence-corrected chi connectivity index (χ4v) is 5.06. The Morgan fingerprint density at radius 1 is 1.26 bits per heavy atom. The molecule has 1 saturated heterocycles. The first-order chi connectivity index (χ1) is 16.1. The van der Waals surface area contributed by atoms with E-state index in [1.165, 1.54) is 23.5 Å². The van der Waals surface area contributed by atoms with Crippen molar-refractivity contribution in [3.05, 3.63) is 64.0 Å². The highest BCUT2D eigenvalue weighted by Crippen LogP contribution is 2.30. The maximum atomic E-state index is 13.1. The topological polar surface area (TPSA) is 72.7 Å². The lowest BCUT2D eigenvalue weighted by atomic mass is 10.1. The van der Waals surface area contributed by atoms with Gasteiger partial charge in [-0.1, -0.05) is 23.5 Å². The largest absolute Gasteiger partial charge is 0.416 e. The van der Waals surface area contributed by atoms with Crippen molar-refractivity contribution in [2.75, 3.05) is 13.2 Å². The van der Waals surface area contributed by atoms with Gasteiger partial charge in [0, 0.05) is 18.7 Å². The van der Waals surface area contributed by atoms with Crippen LogP contribution >= 0.6 is 11.3 Å². The van der Waals surface area contributed by atoms with Crippen LogP contribution in [0.15, 0.2) is 47.5 Å². The number of nitrogens with zero attached hydrogens (tertiary/aromatic N) is 2. The molecule has 2 amide bonds. The summed E-state index contributed by atoms with van der Waals surface area (Å²) >= 11 is 1.21. The molecule has 0 saturated carbocycles. The third-order valence-corrected chi connectivity index (χ3v) is 6.73. The molecule has 3 aromatic rings. The molecule has 180 valence electrons. The Morgan fingerprint density at radius 3 is 2.76 bits per heavy atom. The number of ether oxygens (including phenoxy) is 1. The van der Waals surface area contributed by atoms with E-state index >= 15 is 0 Å². The average Bonchev–Trinajstić information content (AvgIpc) is 3.43. The molecular weight excluding hydrogens is 467 g/mol. The molecule has 6 nitrogen and oxygen atoms in total. The minimum atomic E-state index is -4.57. The summed E-state index contributed by atoms with van der Waals surface area (Å²) < 4.78 is 47.3. The Hall–Kier alpha value is -2.98. The minimum Gasteiger partial charge on any atom is -0.376 e. The summed E-state index contributed by atoms with van der Waals surface area (Å²) in [5.74, 6) is -1.07. The Labute approximate surface area is 198 Å². The number of amides is 2. The second-order valence-corrected chi connectivity index (χ2v) is 9.29. The summed E-state index contributed by atoms with van der Waals surface area (Å²) in [6.07, 6.45) is -2.75. The second-order valence-electron chi connectivity index (χ2n) is 8.28. The number of halogens is 3. The number of benzene rings is 2. The number of rotatable bonds is 5. The molecule has 0 spiro atoms. The monoisotopic (exact) mass is 491 g/mol. The number of nitrogens with one attached hydrogen (secondary N) is 1. The van der Waals surface area contributed by atoms with Crippen LogP contribution in [0.25, 0.3) is 10.2 Å². The van der Waals surface area contributed by atoms with Crippen molar-refractivity contribution in [3.8, 4) is 0 Å². The molecule has 34 heavy (non-hydrogen) atoms. The zero-order chi connectivity index (χ0) is 24.5. The Balaban J connectivity index is 1.71. The van der Waals surface area contributed by atoms with Crippen molar-refractivity contribution in [2.45, 2.75) is 45.0 Å². The number of fused-ring (bicyclic) bond motifs is 1. The van der Waals surface area contributed by atoms with E-state index in [0.29, 0.717) is 18.7 Å². The van der Waals surface area contributed by atoms with Gasteiger partial charge in [0.2, 0.25) is 5.91 Å². The van der Waals surface area contributed by atoms with Gasteiger partial charge in [-0.05, 0) is 62.6 Å². The van der Waals surface area contributed by atoms with Gasteiger partial charge in [-0.25, -0.2) is 0 Å². The maximum absolute atomic E-state index is 13.1. The number of aromatic nitrogens is 1. The lowest BCUT2D eigenvalue weighted by Crippen LogP contribution is -2.38. The quantitative estimate of drug-likeness (QED) is 0.566. The highest BCUT2D eigenvalue weighted by atomic mass is 32.1. The molecule has 0 aliphatic carbocycles. The predicted molar refractivity (Wildman–Crippen MR) is 123 cm³/mol. The summed E-state index contributed by atoms with van der Waals surface area (Å²) in [5, 5.41) is 2.89. The molecule has 4 rings (SSSR count). The Bertz CT molecular complexity index is 1290. The van der Waals surface area contributed by atoms with Gasteiger partial charge in [0.05, 0.1) is 21.9 Å². The fourth-order valence-electron chi connectivity index (χ4n) is 3.87. The van der Waals surface area contributed by atoms with Gasteiger partial charge in [-0.2, -0.15) is 18.2 Å². The predicted octanol–water partition coefficient (Wildman–Crippen LogP) is 4.63. The molecule has 1 aromatic heterocycles. The van der Waals surface area contributed by atoms with E-state index in [1.807, 2.05) is 25.1 Å². The van der Waals surface area contributed by atoms with E-state index in [0.717, 1.165) is 35.2 Å². The fraction of sp³-hybridized carbons (Fsp3) is 0.375. The first kappa shape index (κ1) is 24.2. The minimum absolute atomic E-state index is 0.0188. The number of alkyl halides is 3.